The molecular formula is C40H39N3O. The van der Waals surface area contributed by atoms with Crippen molar-refractivity contribution in [1.29, 1.82) is 0 Å². The Balaban J connectivity index is 1.09. The number of ether oxygens (including phenoxy) is 1. The van der Waals surface area contributed by atoms with E-state index in [2.05, 4.69) is 124 Å². The lowest BCUT2D eigenvalue weighted by molar-refractivity contribution is 0.244. The molecule has 0 spiro atoms. The molecule has 220 valence electrons. The fraction of sp³-hybridized carbons (Fsp3) is 0.300. The molecule has 4 aromatic rings. The molecule has 1 fully saturated rings. The summed E-state index contributed by atoms with van der Waals surface area (Å²) in [7, 11) is 0. The molecule has 4 heteroatoms. The summed E-state index contributed by atoms with van der Waals surface area (Å²) in [6, 6.07) is 27.5. The summed E-state index contributed by atoms with van der Waals surface area (Å²) in [6.07, 6.45) is 22.0. The third-order valence-corrected chi connectivity index (χ3v) is 10.5. The molecular weight excluding hydrogens is 538 g/mol. The van der Waals surface area contributed by atoms with Crippen LogP contribution in [0.1, 0.15) is 101 Å². The van der Waals surface area contributed by atoms with Gasteiger partial charge in [0, 0.05) is 40.6 Å². The molecule has 44 heavy (non-hydrogen) atoms. The zero-order valence-corrected chi connectivity index (χ0v) is 25.1. The van der Waals surface area contributed by atoms with E-state index in [0.717, 1.165) is 50.7 Å². The summed E-state index contributed by atoms with van der Waals surface area (Å²) < 4.78 is 8.84. The zero-order valence-electron chi connectivity index (χ0n) is 25.1. The maximum Gasteiger partial charge on any atom is 0.124 e. The van der Waals surface area contributed by atoms with Crippen LogP contribution in [0, 0.1) is 0 Å². The highest BCUT2D eigenvalue weighted by molar-refractivity contribution is 5.69. The molecule has 2 aliphatic heterocycles. The van der Waals surface area contributed by atoms with Crippen LogP contribution in [0.5, 0.6) is 5.75 Å². The largest absolute Gasteiger partial charge is 0.485 e. The second-order valence-corrected chi connectivity index (χ2v) is 13.0. The minimum absolute atomic E-state index is 0.0315. The van der Waals surface area contributed by atoms with Gasteiger partial charge in [-0.15, -0.1) is 0 Å². The van der Waals surface area contributed by atoms with E-state index >= 15 is 0 Å². The molecule has 5 atom stereocenters. The first kappa shape index (κ1) is 26.3. The van der Waals surface area contributed by atoms with E-state index in [1.165, 1.54) is 39.3 Å². The molecule has 0 bridgehead atoms. The zero-order chi connectivity index (χ0) is 29.0. The van der Waals surface area contributed by atoms with Gasteiger partial charge < -0.3 is 9.30 Å². The number of nitrogens with zero attached hydrogens (tertiary/aromatic N) is 1. The molecule has 3 aliphatic carbocycles. The van der Waals surface area contributed by atoms with Gasteiger partial charge in [-0.05, 0) is 115 Å². The van der Waals surface area contributed by atoms with Crippen molar-refractivity contribution in [3.05, 3.63) is 142 Å². The second-order valence-electron chi connectivity index (χ2n) is 13.0. The fourth-order valence-electron chi connectivity index (χ4n) is 8.33. The molecule has 1 aromatic heterocycles. The van der Waals surface area contributed by atoms with Crippen molar-refractivity contribution in [3.63, 3.8) is 0 Å². The number of fused-ring (bicyclic) bond motifs is 6. The molecule has 4 nitrogen and oxygen atoms in total. The van der Waals surface area contributed by atoms with Crippen LogP contribution in [0.25, 0.3) is 17.8 Å². The summed E-state index contributed by atoms with van der Waals surface area (Å²) in [5.74, 6) is 1.51. The highest BCUT2D eigenvalue weighted by atomic mass is 16.5. The maximum atomic E-state index is 6.32. The molecule has 3 aromatic carbocycles. The molecule has 0 radical (unpaired) electrons. The maximum absolute atomic E-state index is 6.32. The van der Waals surface area contributed by atoms with Gasteiger partial charge in [-0.2, -0.15) is 0 Å². The van der Waals surface area contributed by atoms with Gasteiger partial charge in [-0.3, -0.25) is 10.6 Å². The van der Waals surface area contributed by atoms with Crippen molar-refractivity contribution >= 4 is 12.2 Å². The van der Waals surface area contributed by atoms with Crippen LogP contribution in [-0.4, -0.2) is 10.7 Å². The van der Waals surface area contributed by atoms with E-state index in [9.17, 15) is 0 Å². The van der Waals surface area contributed by atoms with Gasteiger partial charge in [0.25, 0.3) is 0 Å². The molecule has 5 aliphatic rings. The number of allylic oxidation sites excluding steroid dienone is 3. The average Bonchev–Trinajstić information content (AvgIpc) is 3.64. The predicted molar refractivity (Wildman–Crippen MR) is 178 cm³/mol. The lowest BCUT2D eigenvalue weighted by Gasteiger charge is -2.39. The highest BCUT2D eigenvalue weighted by Gasteiger charge is 2.36. The summed E-state index contributed by atoms with van der Waals surface area (Å²) >= 11 is 0. The molecule has 1 saturated heterocycles. The SMILES string of the molecule is C1=Cc2c(c3c(n2-c2cccc(C4CC(c5ccccc5)NC(c5ccc6c(c5)C5CCC=CC5O6)N4)c2)C=CCC3)CC1. The average molecular weight is 578 g/mol. The van der Waals surface area contributed by atoms with Crippen LogP contribution in [0.3, 0.4) is 0 Å². The Morgan fingerprint density at radius 1 is 0.682 bits per heavy atom. The Bertz CT molecular complexity index is 1770. The van der Waals surface area contributed by atoms with Gasteiger partial charge in [0.15, 0.2) is 0 Å². The summed E-state index contributed by atoms with van der Waals surface area (Å²) in [5.41, 5.74) is 12.4. The Morgan fingerprint density at radius 3 is 2.23 bits per heavy atom. The smallest absolute Gasteiger partial charge is 0.124 e. The van der Waals surface area contributed by atoms with E-state index in [4.69, 9.17) is 4.74 Å². The Kier molecular flexibility index (Phi) is 6.45. The molecule has 5 unspecified atom stereocenters. The summed E-state index contributed by atoms with van der Waals surface area (Å²) in [4.78, 5) is 0. The van der Waals surface area contributed by atoms with E-state index in [-0.39, 0.29) is 24.4 Å². The van der Waals surface area contributed by atoms with E-state index in [1.807, 2.05) is 0 Å². The van der Waals surface area contributed by atoms with Crippen molar-refractivity contribution in [2.24, 2.45) is 0 Å². The van der Waals surface area contributed by atoms with Crippen LogP contribution >= 0.6 is 0 Å². The number of hydrogen-bond acceptors (Lipinski definition) is 3. The third-order valence-electron chi connectivity index (χ3n) is 10.5. The monoisotopic (exact) mass is 577 g/mol. The van der Waals surface area contributed by atoms with Gasteiger partial charge in [-0.1, -0.05) is 66.8 Å². The molecule has 3 heterocycles. The van der Waals surface area contributed by atoms with Crippen molar-refractivity contribution in [3.8, 4) is 11.4 Å². The lowest BCUT2D eigenvalue weighted by atomic mass is 9.86. The Labute approximate surface area is 260 Å². The lowest BCUT2D eigenvalue weighted by Crippen LogP contribution is -2.45. The number of rotatable bonds is 4. The molecule has 9 rings (SSSR count). The number of benzene rings is 3. The van der Waals surface area contributed by atoms with E-state index in [0.29, 0.717) is 5.92 Å². The Morgan fingerprint density at radius 2 is 1.43 bits per heavy atom. The predicted octanol–water partition coefficient (Wildman–Crippen LogP) is 8.65. The first-order valence-corrected chi connectivity index (χ1v) is 16.5. The minimum Gasteiger partial charge on any atom is -0.485 e. The number of aromatic nitrogens is 1. The van der Waals surface area contributed by atoms with Gasteiger partial charge >= 0.3 is 0 Å². The topological polar surface area (TPSA) is 38.2 Å². The molecule has 0 amide bonds. The highest BCUT2D eigenvalue weighted by Crippen LogP contribution is 2.45. The van der Waals surface area contributed by atoms with Crippen LogP contribution in [0.15, 0.2) is 97.1 Å². The van der Waals surface area contributed by atoms with Gasteiger partial charge in [0.1, 0.15) is 11.9 Å². The quantitative estimate of drug-likeness (QED) is 0.238. The summed E-state index contributed by atoms with van der Waals surface area (Å²) in [5, 5.41) is 8.03. The first-order chi connectivity index (χ1) is 21.8. The normalized spacial score (nSPS) is 26.4. The Hall–Kier alpha value is -4.12. The van der Waals surface area contributed by atoms with Crippen molar-refractivity contribution in [2.75, 3.05) is 0 Å². The summed E-state index contributed by atoms with van der Waals surface area (Å²) in [6.45, 7) is 0. The van der Waals surface area contributed by atoms with Crippen LogP contribution in [0.4, 0.5) is 0 Å². The number of hydrogen-bond donors (Lipinski definition) is 2. The minimum atomic E-state index is 0.0315. The van der Waals surface area contributed by atoms with E-state index in [1.54, 1.807) is 11.1 Å². The van der Waals surface area contributed by atoms with Crippen LogP contribution in [-0.2, 0) is 12.8 Å². The van der Waals surface area contributed by atoms with Gasteiger partial charge in [0.2, 0.25) is 0 Å². The van der Waals surface area contributed by atoms with Gasteiger partial charge in [0.05, 0.1) is 6.17 Å². The molecule has 0 saturated carbocycles. The van der Waals surface area contributed by atoms with Crippen molar-refractivity contribution < 1.29 is 4.74 Å². The van der Waals surface area contributed by atoms with Crippen LogP contribution < -0.4 is 15.4 Å². The number of nitrogens with one attached hydrogen (secondary N) is 2. The standard InChI is InChI=1S/C40H39N3O/c1-2-11-26(12-3-1)34-25-35(42-40(41-34)28-21-22-39-33(24-28)32-17-6-9-20-38(32)44-39)27-13-10-14-29(23-27)43-36-18-7-4-15-30(36)31-16-5-8-19-37(31)43/h1-3,7-14,18-24,32,34-35,38,40-42H,4-6,15-17,25H2. The van der Waals surface area contributed by atoms with Crippen LogP contribution in [0.2, 0.25) is 0 Å². The second kappa shape index (κ2) is 10.8. The first-order valence-electron chi connectivity index (χ1n) is 16.5. The van der Waals surface area contributed by atoms with Crippen molar-refractivity contribution in [1.82, 2.24) is 15.2 Å². The third kappa shape index (κ3) is 4.43. The fourth-order valence-corrected chi connectivity index (χ4v) is 8.33. The van der Waals surface area contributed by atoms with Gasteiger partial charge in [-0.25, -0.2) is 0 Å². The molecule has 2 N–H and O–H groups in total. The van der Waals surface area contributed by atoms with E-state index < -0.39 is 0 Å². The van der Waals surface area contributed by atoms with Crippen molar-refractivity contribution in [2.45, 2.75) is 75.2 Å².